The summed E-state index contributed by atoms with van der Waals surface area (Å²) in [6, 6.07) is 1.42. The smallest absolute Gasteiger partial charge is 0.336 e. The summed E-state index contributed by atoms with van der Waals surface area (Å²) in [6.07, 6.45) is -0.236. The molecule has 14 heavy (non-hydrogen) atoms. The van der Waals surface area contributed by atoms with Crippen LogP contribution in [0.5, 0.6) is 0 Å². The second-order valence-corrected chi connectivity index (χ2v) is 3.29. The number of carbonyl (C=O) groups is 2. The molecule has 5 heteroatoms. The fourth-order valence-corrected chi connectivity index (χ4v) is 1.47. The van der Waals surface area contributed by atoms with Crippen molar-refractivity contribution in [3.8, 4) is 11.8 Å². The topological polar surface area (TPSA) is 74.6 Å². The molecule has 0 spiro atoms. The first-order valence-electron chi connectivity index (χ1n) is 3.62. The second-order valence-electron chi connectivity index (χ2n) is 2.38. The molecule has 72 valence electrons. The standard InChI is InChI=1S/C9H6O4S/c10-8(11)3-1-2-7-4-6(5-14-7)9(12)13/h4-5H,3H2,(H,10,11)(H,12,13). The Balaban J connectivity index is 2.71. The zero-order chi connectivity index (χ0) is 10.6. The Morgan fingerprint density at radius 2 is 2.14 bits per heavy atom. The van der Waals surface area contributed by atoms with E-state index in [2.05, 4.69) is 11.8 Å². The highest BCUT2D eigenvalue weighted by molar-refractivity contribution is 7.10. The number of thiophene rings is 1. The van der Waals surface area contributed by atoms with Gasteiger partial charge in [-0.05, 0) is 6.07 Å². The number of hydrogen-bond donors (Lipinski definition) is 2. The van der Waals surface area contributed by atoms with Crippen LogP contribution in [-0.4, -0.2) is 22.2 Å². The summed E-state index contributed by atoms with van der Waals surface area (Å²) in [7, 11) is 0. The third-order valence-corrected chi connectivity index (χ3v) is 2.14. The van der Waals surface area contributed by atoms with E-state index in [4.69, 9.17) is 10.2 Å². The molecule has 2 N–H and O–H groups in total. The van der Waals surface area contributed by atoms with Crippen molar-refractivity contribution >= 4 is 23.3 Å². The molecule has 0 saturated carbocycles. The van der Waals surface area contributed by atoms with Gasteiger partial charge in [-0.2, -0.15) is 0 Å². The molecule has 1 aromatic heterocycles. The lowest BCUT2D eigenvalue weighted by atomic mass is 10.3. The Morgan fingerprint density at radius 1 is 1.43 bits per heavy atom. The van der Waals surface area contributed by atoms with Crippen LogP contribution in [0.2, 0.25) is 0 Å². The molecule has 1 rings (SSSR count). The number of rotatable bonds is 2. The zero-order valence-electron chi connectivity index (χ0n) is 6.98. The molecular formula is C9H6O4S. The number of hydrogen-bond acceptors (Lipinski definition) is 3. The van der Waals surface area contributed by atoms with E-state index in [1.807, 2.05) is 0 Å². The fourth-order valence-electron chi connectivity index (χ4n) is 0.721. The van der Waals surface area contributed by atoms with Crippen LogP contribution in [0.25, 0.3) is 0 Å². The molecule has 0 aliphatic rings. The molecule has 0 aliphatic carbocycles. The van der Waals surface area contributed by atoms with Crippen molar-refractivity contribution in [2.24, 2.45) is 0 Å². The minimum Gasteiger partial charge on any atom is -0.481 e. The molecule has 4 nitrogen and oxygen atoms in total. The van der Waals surface area contributed by atoms with Gasteiger partial charge in [0.05, 0.1) is 10.4 Å². The lowest BCUT2D eigenvalue weighted by Crippen LogP contribution is -1.91. The van der Waals surface area contributed by atoms with Gasteiger partial charge in [0.2, 0.25) is 0 Å². The Morgan fingerprint density at radius 3 is 2.64 bits per heavy atom. The van der Waals surface area contributed by atoms with Crippen LogP contribution in [0.3, 0.4) is 0 Å². The second kappa shape index (κ2) is 4.44. The lowest BCUT2D eigenvalue weighted by molar-refractivity contribution is -0.135. The van der Waals surface area contributed by atoms with Crippen molar-refractivity contribution in [3.05, 3.63) is 21.9 Å². The number of aliphatic carboxylic acids is 1. The molecule has 0 radical (unpaired) electrons. The highest BCUT2D eigenvalue weighted by atomic mass is 32.1. The average molecular weight is 210 g/mol. The van der Waals surface area contributed by atoms with Crippen LogP contribution >= 0.6 is 11.3 Å². The average Bonchev–Trinajstić information content (AvgIpc) is 2.52. The minimum absolute atomic E-state index is 0.176. The Bertz CT molecular complexity index is 422. The van der Waals surface area contributed by atoms with E-state index in [0.717, 1.165) is 0 Å². The van der Waals surface area contributed by atoms with Crippen molar-refractivity contribution in [3.63, 3.8) is 0 Å². The third-order valence-electron chi connectivity index (χ3n) is 1.30. The normalized spacial score (nSPS) is 8.86. The fraction of sp³-hybridized carbons (Fsp3) is 0.111. The van der Waals surface area contributed by atoms with Crippen LogP contribution < -0.4 is 0 Å². The molecule has 0 aromatic carbocycles. The van der Waals surface area contributed by atoms with Gasteiger partial charge in [-0.3, -0.25) is 4.79 Å². The largest absolute Gasteiger partial charge is 0.481 e. The Kier molecular flexibility index (Phi) is 3.26. The van der Waals surface area contributed by atoms with Crippen molar-refractivity contribution in [1.29, 1.82) is 0 Å². The van der Waals surface area contributed by atoms with E-state index in [0.29, 0.717) is 4.88 Å². The number of aromatic carboxylic acids is 1. The molecule has 0 saturated heterocycles. The first kappa shape index (κ1) is 10.3. The summed E-state index contributed by atoms with van der Waals surface area (Å²) in [5.74, 6) is 3.00. The van der Waals surface area contributed by atoms with Gasteiger partial charge < -0.3 is 10.2 Å². The molecular weight excluding hydrogens is 204 g/mol. The van der Waals surface area contributed by atoms with Gasteiger partial charge in [-0.1, -0.05) is 11.8 Å². The van der Waals surface area contributed by atoms with Gasteiger partial charge in [-0.15, -0.1) is 11.3 Å². The number of carboxylic acid groups (broad SMARTS) is 2. The van der Waals surface area contributed by atoms with Gasteiger partial charge in [0.25, 0.3) is 0 Å². The molecule has 0 aliphatic heterocycles. The van der Waals surface area contributed by atoms with Gasteiger partial charge in [0.15, 0.2) is 0 Å². The Labute approximate surface area is 83.8 Å². The van der Waals surface area contributed by atoms with Gasteiger partial charge >= 0.3 is 11.9 Å². The van der Waals surface area contributed by atoms with Gasteiger partial charge in [-0.25, -0.2) is 4.79 Å². The summed E-state index contributed by atoms with van der Waals surface area (Å²) < 4.78 is 0. The number of carboxylic acids is 2. The maximum absolute atomic E-state index is 10.5. The first-order valence-corrected chi connectivity index (χ1v) is 4.50. The van der Waals surface area contributed by atoms with Crippen molar-refractivity contribution in [2.45, 2.75) is 6.42 Å². The summed E-state index contributed by atoms with van der Waals surface area (Å²) in [6.45, 7) is 0. The van der Waals surface area contributed by atoms with Crippen LogP contribution in [0.4, 0.5) is 0 Å². The molecule has 0 amide bonds. The van der Waals surface area contributed by atoms with Crippen molar-refractivity contribution < 1.29 is 19.8 Å². The lowest BCUT2D eigenvalue weighted by Gasteiger charge is -1.81. The predicted molar refractivity (Wildman–Crippen MR) is 50.4 cm³/mol. The summed E-state index contributed by atoms with van der Waals surface area (Å²) in [5.41, 5.74) is 0.176. The predicted octanol–water partition coefficient (Wildman–Crippen LogP) is 1.27. The van der Waals surface area contributed by atoms with Crippen molar-refractivity contribution in [1.82, 2.24) is 0 Å². The van der Waals surface area contributed by atoms with E-state index in [9.17, 15) is 9.59 Å². The minimum atomic E-state index is -1.01. The molecule has 0 fully saturated rings. The monoisotopic (exact) mass is 210 g/mol. The summed E-state index contributed by atoms with van der Waals surface area (Å²) in [5, 5.41) is 18.3. The first-order chi connectivity index (χ1) is 6.59. The van der Waals surface area contributed by atoms with Crippen LogP contribution in [-0.2, 0) is 4.79 Å². The van der Waals surface area contributed by atoms with Gasteiger partial charge in [0, 0.05) is 5.38 Å². The van der Waals surface area contributed by atoms with E-state index in [1.54, 1.807) is 0 Å². The molecule has 0 atom stereocenters. The molecule has 0 unspecified atom stereocenters. The molecule has 1 aromatic rings. The van der Waals surface area contributed by atoms with E-state index < -0.39 is 11.9 Å². The van der Waals surface area contributed by atoms with Crippen LogP contribution in [0.1, 0.15) is 21.7 Å². The highest BCUT2D eigenvalue weighted by Gasteiger charge is 2.04. The highest BCUT2D eigenvalue weighted by Crippen LogP contribution is 2.13. The van der Waals surface area contributed by atoms with E-state index >= 15 is 0 Å². The van der Waals surface area contributed by atoms with E-state index in [1.165, 1.54) is 22.8 Å². The van der Waals surface area contributed by atoms with E-state index in [-0.39, 0.29) is 12.0 Å². The third kappa shape index (κ3) is 2.92. The van der Waals surface area contributed by atoms with Gasteiger partial charge in [0.1, 0.15) is 6.42 Å². The van der Waals surface area contributed by atoms with Crippen LogP contribution in [0, 0.1) is 11.8 Å². The maximum Gasteiger partial charge on any atom is 0.336 e. The summed E-state index contributed by atoms with van der Waals surface area (Å²) in [4.78, 5) is 21.1. The quantitative estimate of drug-likeness (QED) is 0.721. The van der Waals surface area contributed by atoms with Crippen LogP contribution in [0.15, 0.2) is 11.4 Å². The Hall–Kier alpha value is -1.80. The van der Waals surface area contributed by atoms with Crippen molar-refractivity contribution in [2.75, 3.05) is 0 Å². The molecule has 0 bridgehead atoms. The molecule has 1 heterocycles. The maximum atomic E-state index is 10.5. The SMILES string of the molecule is O=C(O)CC#Cc1cc(C(=O)O)cs1. The summed E-state index contributed by atoms with van der Waals surface area (Å²) >= 11 is 1.18. The zero-order valence-corrected chi connectivity index (χ0v) is 7.80.